The Labute approximate surface area is 236 Å². The number of carbonyl (C=O) groups excluding carboxylic acids is 2. The van der Waals surface area contributed by atoms with Gasteiger partial charge in [-0.3, -0.25) is 0 Å². The monoisotopic (exact) mass is 589 g/mol. The van der Waals surface area contributed by atoms with E-state index in [1.807, 2.05) is 78.9 Å². The van der Waals surface area contributed by atoms with Crippen LogP contribution in [0, 0.1) is 0 Å². The molecule has 1 aliphatic rings. The first kappa shape index (κ1) is 23.9. The summed E-state index contributed by atoms with van der Waals surface area (Å²) in [6, 6.07) is 38.0. The molecule has 39 heavy (non-hydrogen) atoms. The fourth-order valence-corrected chi connectivity index (χ4v) is 7.39. The van der Waals surface area contributed by atoms with Crippen molar-refractivity contribution in [3.05, 3.63) is 141 Å². The topological polar surface area (TPSA) is 37.4 Å². The van der Waals surface area contributed by atoms with Crippen LogP contribution >= 0.6 is 11.6 Å². The molecule has 5 aromatic carbocycles. The Bertz CT molecular complexity index is 1910. The van der Waals surface area contributed by atoms with Crippen LogP contribution in [0.1, 0.15) is 25.2 Å². The van der Waals surface area contributed by atoms with Gasteiger partial charge in [-0.05, 0) is 0 Å². The van der Waals surface area contributed by atoms with Gasteiger partial charge in [-0.2, -0.15) is 0 Å². The molecule has 0 unspecified atom stereocenters. The van der Waals surface area contributed by atoms with Crippen molar-refractivity contribution < 1.29 is 9.59 Å². The Kier molecular flexibility index (Phi) is 5.82. The van der Waals surface area contributed by atoms with Crippen LogP contribution in [0.25, 0.3) is 27.6 Å². The molecule has 0 bridgehead atoms. The van der Waals surface area contributed by atoms with E-state index in [4.69, 9.17) is 11.6 Å². The molecule has 7 rings (SSSR count). The summed E-state index contributed by atoms with van der Waals surface area (Å²) in [5.41, 5.74) is 3.29. The summed E-state index contributed by atoms with van der Waals surface area (Å²) in [6.45, 7) is 0. The van der Waals surface area contributed by atoms with Gasteiger partial charge in [0.15, 0.2) is 0 Å². The second-order valence-electron chi connectivity index (χ2n) is 9.45. The summed E-state index contributed by atoms with van der Waals surface area (Å²) in [7, 11) is 0. The molecule has 1 aromatic heterocycles. The van der Waals surface area contributed by atoms with E-state index < -0.39 is 0 Å². The van der Waals surface area contributed by atoms with Gasteiger partial charge in [0.2, 0.25) is 0 Å². The number of hydrogen-bond acceptors (Lipinski definition) is 3. The molecular formula is C34H20ClNO2Se. The first-order chi connectivity index (χ1) is 19.1. The zero-order chi connectivity index (χ0) is 26.5. The second-order valence-corrected chi connectivity index (χ2v) is 12.2. The second kappa shape index (κ2) is 9.52. The first-order valence-electron chi connectivity index (χ1n) is 12.5. The normalized spacial score (nSPS) is 12.8. The molecule has 0 radical (unpaired) electrons. The molecule has 0 saturated carbocycles. The van der Waals surface area contributed by atoms with Gasteiger partial charge in [-0.15, -0.1) is 0 Å². The number of anilines is 3. The molecule has 0 spiro atoms. The standard InChI is InChI=1S/C34H20ClNO2Se/c35-24-12-14-25(15-13-24)36(31-11-5-9-21-6-3-4-10-27(21)31)32-17-16-26(39-32)20-30-33(37)28-18-22-7-1-2-8-23(22)19-29(28)34(30)38/h1-20H. The molecule has 1 heterocycles. The predicted octanol–water partition coefficient (Wildman–Crippen LogP) is 8.64. The molecule has 0 saturated heterocycles. The van der Waals surface area contributed by atoms with Crippen molar-refractivity contribution in [3.63, 3.8) is 0 Å². The summed E-state index contributed by atoms with van der Waals surface area (Å²) in [6.07, 6.45) is 1.79. The maximum absolute atomic E-state index is 13.3. The fourth-order valence-electron chi connectivity index (χ4n) is 5.20. The third-order valence-electron chi connectivity index (χ3n) is 7.08. The van der Waals surface area contributed by atoms with E-state index in [-0.39, 0.29) is 31.6 Å². The number of fused-ring (bicyclic) bond motifs is 3. The molecule has 6 aromatic rings. The van der Waals surface area contributed by atoms with Crippen LogP contribution < -0.4 is 4.90 Å². The van der Waals surface area contributed by atoms with Crippen LogP contribution in [-0.2, 0) is 0 Å². The van der Waals surface area contributed by atoms with Crippen molar-refractivity contribution in [1.29, 1.82) is 0 Å². The molecule has 0 fully saturated rings. The molecule has 1 aliphatic carbocycles. The van der Waals surface area contributed by atoms with E-state index in [0.29, 0.717) is 16.1 Å². The maximum atomic E-state index is 13.3. The molecule has 0 amide bonds. The number of halogens is 1. The van der Waals surface area contributed by atoms with E-state index in [1.54, 1.807) is 6.08 Å². The number of benzene rings is 5. The van der Waals surface area contributed by atoms with Crippen LogP contribution in [0.4, 0.5) is 15.9 Å². The van der Waals surface area contributed by atoms with Crippen molar-refractivity contribution in [3.8, 4) is 0 Å². The quantitative estimate of drug-likeness (QED) is 0.117. The van der Waals surface area contributed by atoms with Gasteiger partial charge in [0.25, 0.3) is 0 Å². The van der Waals surface area contributed by atoms with E-state index in [1.165, 1.54) is 0 Å². The van der Waals surface area contributed by atoms with Crippen molar-refractivity contribution in [1.82, 2.24) is 0 Å². The molecule has 0 N–H and O–H groups in total. The predicted molar refractivity (Wildman–Crippen MR) is 161 cm³/mol. The molecule has 0 atom stereocenters. The van der Waals surface area contributed by atoms with Crippen molar-refractivity contribution >= 4 is 81.2 Å². The summed E-state index contributed by atoms with van der Waals surface area (Å²) < 4.78 is 2.08. The first-order valence-corrected chi connectivity index (χ1v) is 14.6. The minimum absolute atomic E-state index is 0.135. The minimum atomic E-state index is -0.200. The van der Waals surface area contributed by atoms with Crippen molar-refractivity contribution in [2.45, 2.75) is 0 Å². The summed E-state index contributed by atoms with van der Waals surface area (Å²) >= 11 is 6.09. The molecule has 0 aliphatic heterocycles. The fraction of sp³-hybridized carbons (Fsp3) is 0. The molecule has 3 nitrogen and oxygen atoms in total. The third-order valence-corrected chi connectivity index (χ3v) is 9.46. The molecule has 5 heteroatoms. The summed E-state index contributed by atoms with van der Waals surface area (Å²) in [5.74, 6) is -0.399. The van der Waals surface area contributed by atoms with Gasteiger partial charge in [0.05, 0.1) is 0 Å². The summed E-state index contributed by atoms with van der Waals surface area (Å²) in [5, 5.41) is 4.89. The zero-order valence-corrected chi connectivity index (χ0v) is 23.1. The Balaban J connectivity index is 1.32. The van der Waals surface area contributed by atoms with Crippen molar-refractivity contribution in [2.75, 3.05) is 4.90 Å². The van der Waals surface area contributed by atoms with Gasteiger partial charge >= 0.3 is 237 Å². The van der Waals surface area contributed by atoms with Crippen LogP contribution in [0.5, 0.6) is 0 Å². The number of allylic oxidation sites excluding steroid dienone is 1. The van der Waals surface area contributed by atoms with Crippen molar-refractivity contribution in [2.24, 2.45) is 0 Å². The Morgan fingerprint density at radius 1 is 0.641 bits per heavy atom. The average Bonchev–Trinajstić information content (AvgIpc) is 3.52. The van der Waals surface area contributed by atoms with E-state index in [2.05, 4.69) is 41.3 Å². The van der Waals surface area contributed by atoms with Gasteiger partial charge in [0.1, 0.15) is 0 Å². The number of nitrogens with zero attached hydrogens (tertiary/aromatic N) is 1. The number of hydrogen-bond donors (Lipinski definition) is 0. The van der Waals surface area contributed by atoms with E-state index in [0.717, 1.165) is 41.9 Å². The summed E-state index contributed by atoms with van der Waals surface area (Å²) in [4.78, 5) is 28.9. The number of carbonyl (C=O) groups is 2. The number of ketones is 2. The Hall–Kier alpha value is -4.21. The van der Waals surface area contributed by atoms with E-state index in [9.17, 15) is 9.59 Å². The zero-order valence-electron chi connectivity index (χ0n) is 20.6. The van der Waals surface area contributed by atoms with Gasteiger partial charge in [-0.1, -0.05) is 0 Å². The van der Waals surface area contributed by atoms with Gasteiger partial charge < -0.3 is 0 Å². The van der Waals surface area contributed by atoms with Crippen LogP contribution in [-0.4, -0.2) is 26.1 Å². The average molecular weight is 589 g/mol. The Morgan fingerprint density at radius 3 is 1.95 bits per heavy atom. The number of rotatable bonds is 4. The molecule has 186 valence electrons. The van der Waals surface area contributed by atoms with Crippen LogP contribution in [0.3, 0.4) is 0 Å². The van der Waals surface area contributed by atoms with Gasteiger partial charge in [-0.25, -0.2) is 0 Å². The third kappa shape index (κ3) is 4.14. The van der Waals surface area contributed by atoms with Gasteiger partial charge in [0, 0.05) is 0 Å². The van der Waals surface area contributed by atoms with Crippen LogP contribution in [0.2, 0.25) is 5.02 Å². The molecular weight excluding hydrogens is 569 g/mol. The Morgan fingerprint density at radius 2 is 1.26 bits per heavy atom. The van der Waals surface area contributed by atoms with Crippen LogP contribution in [0.15, 0.2) is 121 Å². The SMILES string of the molecule is O=C1C(=Cc2ccc(N(c3ccc(Cl)cc3)c3cccc4ccccc34)[se]2)C(=O)c2cc3ccccc3cc21. The number of Topliss-reactive ketones (excluding diaryl/α,β-unsaturated/α-hetero) is 2. The van der Waals surface area contributed by atoms with E-state index >= 15 is 0 Å².